The van der Waals surface area contributed by atoms with Crippen molar-refractivity contribution >= 4 is 11.6 Å². The molecule has 2 aromatic heterocycles. The molecule has 15 heavy (non-hydrogen) atoms. The second kappa shape index (κ2) is 3.45. The fourth-order valence-corrected chi connectivity index (χ4v) is 1.20. The Morgan fingerprint density at radius 2 is 2.40 bits per heavy atom. The summed E-state index contributed by atoms with van der Waals surface area (Å²) in [5.74, 6) is -0.642. The quantitative estimate of drug-likeness (QED) is 0.710. The minimum Gasteiger partial charge on any atom is -0.396 e. The number of hydrogen-bond acceptors (Lipinski definition) is 5. The third kappa shape index (κ3) is 1.80. The molecule has 0 saturated heterocycles. The molecule has 0 unspecified atom stereocenters. The lowest BCUT2D eigenvalue weighted by atomic mass is 10.3. The van der Waals surface area contributed by atoms with E-state index in [0.717, 1.165) is 5.56 Å². The molecule has 0 aliphatic rings. The lowest BCUT2D eigenvalue weighted by Gasteiger charge is -1.95. The zero-order chi connectivity index (χ0) is 10.8. The van der Waals surface area contributed by atoms with Gasteiger partial charge in [0.1, 0.15) is 6.26 Å². The zero-order valence-electron chi connectivity index (χ0n) is 7.75. The summed E-state index contributed by atoms with van der Waals surface area (Å²) in [7, 11) is 0. The number of amides is 1. The number of hydrogen-bond donors (Lipinski definition) is 2. The first-order chi connectivity index (χ1) is 7.16. The van der Waals surface area contributed by atoms with E-state index in [9.17, 15) is 4.79 Å². The lowest BCUT2D eigenvalue weighted by molar-refractivity contribution is 0.0995. The summed E-state index contributed by atoms with van der Waals surface area (Å²) in [4.78, 5) is 10.9. The predicted molar refractivity (Wildman–Crippen MR) is 50.8 cm³/mol. The predicted octanol–water partition coefficient (Wildman–Crippen LogP) is -0.400. The number of aromatic nitrogens is 3. The smallest absolute Gasteiger partial charge is 0.271 e. The number of carbonyl (C=O) groups excluding carboxylic acids is 1. The molecule has 2 aromatic rings. The number of rotatable bonds is 3. The second-order valence-corrected chi connectivity index (χ2v) is 3.03. The van der Waals surface area contributed by atoms with Gasteiger partial charge in [-0.3, -0.25) is 9.48 Å². The highest BCUT2D eigenvalue weighted by Gasteiger charge is 2.11. The number of nitrogen functional groups attached to an aromatic ring is 1. The molecule has 4 N–H and O–H groups in total. The minimum atomic E-state index is -0.642. The van der Waals surface area contributed by atoms with Crippen LogP contribution in [0.4, 0.5) is 5.69 Å². The molecule has 0 saturated carbocycles. The van der Waals surface area contributed by atoms with Crippen LogP contribution in [0.3, 0.4) is 0 Å². The van der Waals surface area contributed by atoms with Crippen molar-refractivity contribution in [2.75, 3.05) is 5.73 Å². The Labute approximate surface area is 84.6 Å². The molecule has 78 valence electrons. The molecule has 0 aromatic carbocycles. The first-order valence-corrected chi connectivity index (χ1v) is 4.18. The number of anilines is 1. The van der Waals surface area contributed by atoms with E-state index < -0.39 is 5.91 Å². The average Bonchev–Trinajstić information content (AvgIpc) is 2.75. The van der Waals surface area contributed by atoms with E-state index in [2.05, 4.69) is 14.8 Å². The molecule has 2 rings (SSSR count). The van der Waals surface area contributed by atoms with E-state index in [4.69, 9.17) is 11.5 Å². The van der Waals surface area contributed by atoms with Gasteiger partial charge in [0.25, 0.3) is 5.91 Å². The molecule has 1 amide bonds. The third-order valence-corrected chi connectivity index (χ3v) is 1.85. The van der Waals surface area contributed by atoms with Crippen LogP contribution in [0.2, 0.25) is 0 Å². The zero-order valence-corrected chi connectivity index (χ0v) is 7.75. The molecule has 0 bridgehead atoms. The van der Waals surface area contributed by atoms with E-state index >= 15 is 0 Å². The summed E-state index contributed by atoms with van der Waals surface area (Å²) in [6, 6.07) is 0. The van der Waals surface area contributed by atoms with Gasteiger partial charge in [-0.2, -0.15) is 5.10 Å². The Balaban J connectivity index is 2.23. The van der Waals surface area contributed by atoms with Crippen LogP contribution < -0.4 is 11.5 Å². The molecular formula is C8H9N5O2. The van der Waals surface area contributed by atoms with Gasteiger partial charge in [0.2, 0.25) is 0 Å². The standard InChI is InChI=1S/C8H9N5O2/c9-6-3-13(12-7(6)8(10)14)2-5-1-11-15-4-5/h1,3-4H,2,9H2,(H2,10,14). The van der Waals surface area contributed by atoms with Gasteiger partial charge in [-0.15, -0.1) is 0 Å². The van der Waals surface area contributed by atoms with Gasteiger partial charge in [-0.1, -0.05) is 5.16 Å². The highest BCUT2D eigenvalue weighted by molar-refractivity contribution is 5.95. The number of nitrogens with two attached hydrogens (primary N) is 2. The molecule has 0 aliphatic heterocycles. The second-order valence-electron chi connectivity index (χ2n) is 3.03. The van der Waals surface area contributed by atoms with Gasteiger partial charge in [0.15, 0.2) is 5.69 Å². The van der Waals surface area contributed by atoms with Crippen molar-refractivity contribution in [2.45, 2.75) is 6.54 Å². The summed E-state index contributed by atoms with van der Waals surface area (Å²) in [5.41, 5.74) is 11.8. The topological polar surface area (TPSA) is 113 Å². The van der Waals surface area contributed by atoms with Crippen LogP contribution in [-0.4, -0.2) is 20.8 Å². The van der Waals surface area contributed by atoms with Crippen LogP contribution in [0.15, 0.2) is 23.2 Å². The summed E-state index contributed by atoms with van der Waals surface area (Å²) < 4.78 is 6.16. The Kier molecular flexibility index (Phi) is 2.13. The maximum Gasteiger partial charge on any atom is 0.271 e. The Bertz CT molecular complexity index is 473. The monoisotopic (exact) mass is 207 g/mol. The minimum absolute atomic E-state index is 0.0754. The fourth-order valence-electron chi connectivity index (χ4n) is 1.20. The Morgan fingerprint density at radius 1 is 1.60 bits per heavy atom. The number of nitrogens with zero attached hydrogens (tertiary/aromatic N) is 3. The van der Waals surface area contributed by atoms with Gasteiger partial charge in [0.05, 0.1) is 18.4 Å². The normalized spacial score (nSPS) is 10.4. The molecule has 0 spiro atoms. The maximum atomic E-state index is 10.9. The van der Waals surface area contributed by atoms with E-state index in [0.29, 0.717) is 6.54 Å². The average molecular weight is 207 g/mol. The van der Waals surface area contributed by atoms with Crippen LogP contribution in [0, 0.1) is 0 Å². The molecular weight excluding hydrogens is 198 g/mol. The molecule has 0 atom stereocenters. The van der Waals surface area contributed by atoms with E-state index in [1.807, 2.05) is 0 Å². The van der Waals surface area contributed by atoms with Gasteiger partial charge in [-0.05, 0) is 0 Å². The fraction of sp³-hybridized carbons (Fsp3) is 0.125. The van der Waals surface area contributed by atoms with Crippen molar-refractivity contribution in [3.05, 3.63) is 29.9 Å². The van der Waals surface area contributed by atoms with Crippen LogP contribution >= 0.6 is 0 Å². The van der Waals surface area contributed by atoms with Crippen molar-refractivity contribution in [3.8, 4) is 0 Å². The van der Waals surface area contributed by atoms with Crippen molar-refractivity contribution in [1.82, 2.24) is 14.9 Å². The van der Waals surface area contributed by atoms with Gasteiger partial charge < -0.3 is 16.0 Å². The van der Waals surface area contributed by atoms with E-state index in [-0.39, 0.29) is 11.4 Å². The van der Waals surface area contributed by atoms with Crippen molar-refractivity contribution < 1.29 is 9.32 Å². The molecule has 7 heteroatoms. The lowest BCUT2D eigenvalue weighted by Crippen LogP contribution is -2.14. The third-order valence-electron chi connectivity index (χ3n) is 1.85. The Morgan fingerprint density at radius 3 is 2.93 bits per heavy atom. The molecule has 7 nitrogen and oxygen atoms in total. The summed E-state index contributed by atoms with van der Waals surface area (Å²) in [5, 5.41) is 7.48. The van der Waals surface area contributed by atoms with Crippen molar-refractivity contribution in [1.29, 1.82) is 0 Å². The highest BCUT2D eigenvalue weighted by Crippen LogP contribution is 2.09. The molecule has 2 heterocycles. The van der Waals surface area contributed by atoms with Gasteiger partial charge in [0, 0.05) is 11.8 Å². The van der Waals surface area contributed by atoms with Crippen LogP contribution in [-0.2, 0) is 6.54 Å². The van der Waals surface area contributed by atoms with Crippen LogP contribution in [0.5, 0.6) is 0 Å². The first-order valence-electron chi connectivity index (χ1n) is 4.18. The van der Waals surface area contributed by atoms with Crippen LogP contribution in [0.25, 0.3) is 0 Å². The van der Waals surface area contributed by atoms with Crippen molar-refractivity contribution in [2.24, 2.45) is 5.73 Å². The van der Waals surface area contributed by atoms with E-state index in [1.165, 1.54) is 17.1 Å². The highest BCUT2D eigenvalue weighted by atomic mass is 16.5. The van der Waals surface area contributed by atoms with E-state index in [1.54, 1.807) is 6.20 Å². The largest absolute Gasteiger partial charge is 0.396 e. The van der Waals surface area contributed by atoms with Crippen molar-refractivity contribution in [3.63, 3.8) is 0 Å². The summed E-state index contributed by atoms with van der Waals surface area (Å²) in [6.07, 6.45) is 4.58. The van der Waals surface area contributed by atoms with Gasteiger partial charge in [-0.25, -0.2) is 0 Å². The molecule has 0 aliphatic carbocycles. The maximum absolute atomic E-state index is 10.9. The van der Waals surface area contributed by atoms with Gasteiger partial charge >= 0.3 is 0 Å². The first kappa shape index (κ1) is 9.25. The SMILES string of the molecule is NC(=O)c1nn(Cc2cnoc2)cc1N. The molecule has 0 fully saturated rings. The number of carbonyl (C=O) groups is 1. The summed E-state index contributed by atoms with van der Waals surface area (Å²) in [6.45, 7) is 0.432. The van der Waals surface area contributed by atoms with Crippen LogP contribution in [0.1, 0.15) is 16.1 Å². The molecule has 0 radical (unpaired) electrons. The Hall–Kier alpha value is -2.31. The number of primary amides is 1. The summed E-state index contributed by atoms with van der Waals surface area (Å²) >= 11 is 0.